The molecule has 0 radical (unpaired) electrons. The second kappa shape index (κ2) is 7.41. The van der Waals surface area contributed by atoms with E-state index in [4.69, 9.17) is 0 Å². The fourth-order valence-corrected chi connectivity index (χ4v) is 4.91. The lowest BCUT2D eigenvalue weighted by molar-refractivity contribution is 0.438. The monoisotopic (exact) mass is 370 g/mol. The summed E-state index contributed by atoms with van der Waals surface area (Å²) in [4.78, 5) is 0. The summed E-state index contributed by atoms with van der Waals surface area (Å²) >= 11 is 0. The van der Waals surface area contributed by atoms with E-state index in [9.17, 15) is 4.57 Å². The van der Waals surface area contributed by atoms with Crippen LogP contribution in [-0.4, -0.2) is 52.1 Å². The predicted molar refractivity (Wildman–Crippen MR) is 106 cm³/mol. The third kappa shape index (κ3) is 3.29. The summed E-state index contributed by atoms with van der Waals surface area (Å²) in [6.45, 7) is 0. The first-order valence-electron chi connectivity index (χ1n) is 8.24. The zero-order chi connectivity index (χ0) is 18.7. The van der Waals surface area contributed by atoms with Gasteiger partial charge < -0.3 is 5.32 Å². The van der Waals surface area contributed by atoms with E-state index in [2.05, 4.69) is 15.5 Å². The zero-order valence-corrected chi connectivity index (χ0v) is 16.3. The molecule has 26 heavy (non-hydrogen) atoms. The van der Waals surface area contributed by atoms with Crippen LogP contribution in [0.15, 0.2) is 60.7 Å². The minimum atomic E-state index is -3.15. The van der Waals surface area contributed by atoms with E-state index in [1.165, 1.54) is 0 Å². The lowest BCUT2D eigenvalue weighted by atomic mass is 10.2. The number of anilines is 2. The molecule has 3 aromatic rings. The Morgan fingerprint density at radius 3 is 1.92 bits per heavy atom. The summed E-state index contributed by atoms with van der Waals surface area (Å²) in [6.07, 6.45) is 0. The van der Waals surface area contributed by atoms with E-state index in [1.54, 1.807) is 41.9 Å². The van der Waals surface area contributed by atoms with Crippen LogP contribution in [0.4, 0.5) is 11.6 Å². The van der Waals surface area contributed by atoms with Crippen molar-refractivity contribution in [2.24, 2.45) is 0 Å². The molecule has 0 bridgehead atoms. The van der Waals surface area contributed by atoms with Gasteiger partial charge in [-0.15, -0.1) is 10.2 Å². The fraction of sp³-hybridized carbons (Fsp3) is 0.222. The average Bonchev–Trinajstić information content (AvgIpc) is 3.06. The van der Waals surface area contributed by atoms with Gasteiger partial charge in [0.15, 0.2) is 5.82 Å². The topological polar surface area (TPSA) is 66.3 Å². The van der Waals surface area contributed by atoms with Gasteiger partial charge >= 0.3 is 7.59 Å². The lowest BCUT2D eigenvalue weighted by Crippen LogP contribution is -2.27. The third-order valence-electron chi connectivity index (χ3n) is 4.01. The predicted octanol–water partition coefficient (Wildman–Crippen LogP) is 3.77. The molecule has 0 spiro atoms. The molecule has 1 aromatic heterocycles. The van der Waals surface area contributed by atoms with Crippen LogP contribution >= 0.6 is 7.59 Å². The summed E-state index contributed by atoms with van der Waals surface area (Å²) < 4.78 is 19.1. The van der Waals surface area contributed by atoms with E-state index in [0.717, 1.165) is 11.3 Å². The first-order chi connectivity index (χ1) is 12.4. The zero-order valence-electron chi connectivity index (χ0n) is 15.4. The highest BCUT2D eigenvalue weighted by Gasteiger charge is 2.36. The summed E-state index contributed by atoms with van der Waals surface area (Å²) in [7, 11) is 4.02. The van der Waals surface area contributed by atoms with Gasteiger partial charge in [-0.05, 0) is 40.3 Å². The molecule has 0 aliphatic rings. The number of benzene rings is 2. The minimum absolute atomic E-state index is 0.431. The van der Waals surface area contributed by atoms with Gasteiger partial charge in [-0.2, -0.15) is 0 Å². The van der Waals surface area contributed by atoms with Crippen molar-refractivity contribution in [1.82, 2.24) is 23.9 Å². The molecule has 8 heteroatoms. The highest BCUT2D eigenvalue weighted by Crippen LogP contribution is 2.54. The molecule has 0 aliphatic carbocycles. The SMILES string of the molecule is CN(C)P(=O)(N(C)C)n1c(Nc2ccccc2)nnc1-c1ccccc1. The number of aromatic nitrogens is 3. The maximum Gasteiger partial charge on any atom is 0.318 e. The quantitative estimate of drug-likeness (QED) is 0.667. The number of para-hydroxylation sites is 1. The summed E-state index contributed by atoms with van der Waals surface area (Å²) in [5, 5.41) is 11.9. The van der Waals surface area contributed by atoms with E-state index < -0.39 is 7.59 Å². The van der Waals surface area contributed by atoms with Crippen LogP contribution in [0.1, 0.15) is 0 Å². The van der Waals surface area contributed by atoms with Crippen molar-refractivity contribution < 1.29 is 4.57 Å². The van der Waals surface area contributed by atoms with Gasteiger partial charge in [0.2, 0.25) is 5.95 Å². The smallest absolute Gasteiger partial charge is 0.318 e. The first kappa shape index (κ1) is 18.3. The molecule has 0 saturated heterocycles. The van der Waals surface area contributed by atoms with Crippen molar-refractivity contribution in [2.45, 2.75) is 0 Å². The minimum Gasteiger partial charge on any atom is -0.324 e. The molecule has 0 fully saturated rings. The molecule has 7 nitrogen and oxygen atoms in total. The molecule has 1 heterocycles. The average molecular weight is 370 g/mol. The van der Waals surface area contributed by atoms with Crippen LogP contribution in [0, 0.1) is 0 Å². The Balaban J connectivity index is 2.20. The Kier molecular flexibility index (Phi) is 5.23. The van der Waals surface area contributed by atoms with E-state index in [-0.39, 0.29) is 0 Å². The number of nitrogens with zero attached hydrogens (tertiary/aromatic N) is 5. The van der Waals surface area contributed by atoms with Crippen LogP contribution in [0.5, 0.6) is 0 Å². The van der Waals surface area contributed by atoms with E-state index in [0.29, 0.717) is 11.8 Å². The third-order valence-corrected chi connectivity index (χ3v) is 6.99. The van der Waals surface area contributed by atoms with Crippen LogP contribution in [0.25, 0.3) is 11.4 Å². The fourth-order valence-electron chi connectivity index (χ4n) is 2.74. The Hall–Kier alpha value is -2.47. The highest BCUT2D eigenvalue weighted by molar-refractivity contribution is 7.57. The number of nitrogens with one attached hydrogen (secondary N) is 1. The maximum absolute atomic E-state index is 14.0. The van der Waals surface area contributed by atoms with Gasteiger partial charge in [0.05, 0.1) is 0 Å². The number of hydrogen-bond donors (Lipinski definition) is 1. The summed E-state index contributed by atoms with van der Waals surface area (Å²) in [6, 6.07) is 19.3. The van der Waals surface area contributed by atoms with Crippen molar-refractivity contribution in [2.75, 3.05) is 33.5 Å². The standard InChI is InChI=1S/C18H23N6OP/c1-22(2)26(25,23(3)4)24-17(15-11-7-5-8-12-15)20-21-18(24)19-16-13-9-6-10-14-16/h5-14H,1-4H3,(H,19,21). The Labute approximate surface area is 153 Å². The first-order valence-corrected chi connectivity index (χ1v) is 9.80. The Bertz CT molecular complexity index is 896. The van der Waals surface area contributed by atoms with E-state index in [1.807, 2.05) is 60.7 Å². The molecule has 0 aliphatic heterocycles. The van der Waals surface area contributed by atoms with E-state index >= 15 is 0 Å². The van der Waals surface area contributed by atoms with Crippen molar-refractivity contribution in [3.63, 3.8) is 0 Å². The molecular formula is C18H23N6OP. The molecule has 136 valence electrons. The van der Waals surface area contributed by atoms with Gasteiger partial charge in [-0.1, -0.05) is 48.5 Å². The molecule has 0 saturated carbocycles. The molecular weight excluding hydrogens is 347 g/mol. The Morgan fingerprint density at radius 1 is 0.846 bits per heavy atom. The normalized spacial score (nSPS) is 11.9. The maximum atomic E-state index is 14.0. The van der Waals surface area contributed by atoms with Crippen LogP contribution in [0.2, 0.25) is 0 Å². The summed E-state index contributed by atoms with van der Waals surface area (Å²) in [5.41, 5.74) is 1.70. The Morgan fingerprint density at radius 2 is 1.38 bits per heavy atom. The van der Waals surface area contributed by atoms with Crippen LogP contribution in [-0.2, 0) is 4.57 Å². The van der Waals surface area contributed by atoms with Gasteiger partial charge in [-0.25, -0.2) is 13.7 Å². The van der Waals surface area contributed by atoms with Gasteiger partial charge in [0, 0.05) is 11.3 Å². The second-order valence-corrected chi connectivity index (χ2v) is 9.25. The van der Waals surface area contributed by atoms with Gasteiger partial charge in [-0.3, -0.25) is 4.57 Å². The number of hydrogen-bond acceptors (Lipinski definition) is 4. The van der Waals surface area contributed by atoms with Crippen molar-refractivity contribution >= 4 is 19.2 Å². The molecule has 1 N–H and O–H groups in total. The molecule has 2 aromatic carbocycles. The number of rotatable bonds is 6. The molecule has 0 amide bonds. The highest BCUT2D eigenvalue weighted by atomic mass is 31.2. The molecule has 0 unspecified atom stereocenters. The van der Waals surface area contributed by atoms with Gasteiger partial charge in [0.25, 0.3) is 0 Å². The molecule has 0 atom stereocenters. The van der Waals surface area contributed by atoms with Crippen molar-refractivity contribution in [3.8, 4) is 11.4 Å². The van der Waals surface area contributed by atoms with Crippen molar-refractivity contribution in [1.29, 1.82) is 0 Å². The van der Waals surface area contributed by atoms with Crippen molar-refractivity contribution in [3.05, 3.63) is 60.7 Å². The van der Waals surface area contributed by atoms with Gasteiger partial charge in [0.1, 0.15) is 0 Å². The van der Waals surface area contributed by atoms with Crippen LogP contribution in [0.3, 0.4) is 0 Å². The largest absolute Gasteiger partial charge is 0.324 e. The second-order valence-electron chi connectivity index (χ2n) is 6.22. The summed E-state index contributed by atoms with van der Waals surface area (Å²) in [5.74, 6) is 0.982. The lowest BCUT2D eigenvalue weighted by Gasteiger charge is -2.32. The van der Waals surface area contributed by atoms with Crippen LogP contribution < -0.4 is 5.32 Å². The molecule has 3 rings (SSSR count).